The van der Waals surface area contributed by atoms with Crippen LogP contribution < -0.4 is 5.32 Å². The monoisotopic (exact) mass is 229 g/mol. The summed E-state index contributed by atoms with van der Waals surface area (Å²) in [6.45, 7) is 0.0570. The summed E-state index contributed by atoms with van der Waals surface area (Å²) in [6.07, 6.45) is -1.01. The summed E-state index contributed by atoms with van der Waals surface area (Å²) in [4.78, 5) is 11.1. The van der Waals surface area contributed by atoms with E-state index < -0.39 is 23.9 Å². The zero-order valence-corrected chi connectivity index (χ0v) is 8.34. The van der Waals surface area contributed by atoms with Gasteiger partial charge >= 0.3 is 0 Å². The number of hydrogen-bond donors (Lipinski definition) is 1. The Kier molecular flexibility index (Phi) is 2.40. The molecule has 0 spiro atoms. The quantitative estimate of drug-likeness (QED) is 0.844. The highest BCUT2D eigenvalue weighted by molar-refractivity contribution is 5.90. The minimum Gasteiger partial charge on any atom is -0.349 e. The second kappa shape index (κ2) is 3.50. The van der Waals surface area contributed by atoms with Crippen molar-refractivity contribution < 1.29 is 18.0 Å². The molecule has 1 aromatic carbocycles. The number of nitrogens with one attached hydrogen (secondary N) is 1. The predicted octanol–water partition coefficient (Wildman–Crippen LogP) is 2.05. The van der Waals surface area contributed by atoms with E-state index in [1.165, 1.54) is 0 Å². The van der Waals surface area contributed by atoms with Gasteiger partial charge in [-0.1, -0.05) is 30.3 Å². The van der Waals surface area contributed by atoms with Gasteiger partial charge in [0.05, 0.1) is 6.42 Å². The van der Waals surface area contributed by atoms with Gasteiger partial charge in [-0.15, -0.1) is 0 Å². The molecule has 2 nitrogen and oxygen atoms in total. The molecule has 0 unspecified atom stereocenters. The van der Waals surface area contributed by atoms with E-state index in [9.17, 15) is 18.0 Å². The van der Waals surface area contributed by atoms with Crippen LogP contribution in [0.3, 0.4) is 0 Å². The molecule has 1 saturated carbocycles. The molecule has 1 aliphatic rings. The van der Waals surface area contributed by atoms with Crippen molar-refractivity contribution in [2.75, 3.05) is 0 Å². The van der Waals surface area contributed by atoms with Crippen molar-refractivity contribution in [3.05, 3.63) is 35.9 Å². The number of benzene rings is 1. The topological polar surface area (TPSA) is 29.1 Å². The van der Waals surface area contributed by atoms with Crippen LogP contribution in [0.1, 0.15) is 12.0 Å². The first-order valence-corrected chi connectivity index (χ1v) is 4.85. The summed E-state index contributed by atoms with van der Waals surface area (Å²) in [5, 5.41) is 2.16. The van der Waals surface area contributed by atoms with Crippen molar-refractivity contribution in [3.8, 4) is 0 Å². The molecule has 5 heteroatoms. The van der Waals surface area contributed by atoms with Crippen molar-refractivity contribution in [2.45, 2.75) is 24.6 Å². The fourth-order valence-corrected chi connectivity index (χ4v) is 1.43. The summed E-state index contributed by atoms with van der Waals surface area (Å²) in [7, 11) is 0. The van der Waals surface area contributed by atoms with Crippen LogP contribution in [0, 0.1) is 0 Å². The molecular formula is C11H10F3NO. The number of rotatable bonds is 3. The molecule has 0 aliphatic heterocycles. The molecule has 1 N–H and O–H groups in total. The van der Waals surface area contributed by atoms with Gasteiger partial charge in [0.1, 0.15) is 0 Å². The molecule has 1 amide bonds. The van der Waals surface area contributed by atoms with Gasteiger partial charge < -0.3 is 5.32 Å². The molecule has 1 atom stereocenters. The first kappa shape index (κ1) is 11.0. The average Bonchev–Trinajstić information content (AvgIpc) is 2.78. The summed E-state index contributed by atoms with van der Waals surface area (Å²) >= 11 is 0. The fraction of sp³-hybridized carbons (Fsp3) is 0.364. The molecule has 0 radical (unpaired) electrons. The Hall–Kier alpha value is -1.52. The normalized spacial score (nSPS) is 26.2. The molecule has 86 valence electrons. The number of hydrogen-bond acceptors (Lipinski definition) is 1. The van der Waals surface area contributed by atoms with E-state index >= 15 is 0 Å². The number of carbonyl (C=O) groups excluding carboxylic acids is 1. The van der Waals surface area contributed by atoms with Gasteiger partial charge in [-0.2, -0.15) is 0 Å². The molecule has 1 fully saturated rings. The second-order valence-electron chi connectivity index (χ2n) is 3.85. The van der Waals surface area contributed by atoms with Crippen molar-refractivity contribution in [3.63, 3.8) is 0 Å². The molecule has 0 heterocycles. The van der Waals surface area contributed by atoms with Crippen molar-refractivity contribution in [1.29, 1.82) is 0 Å². The van der Waals surface area contributed by atoms with Crippen LogP contribution in [0.25, 0.3) is 0 Å². The summed E-state index contributed by atoms with van der Waals surface area (Å²) in [5.74, 6) is -4.74. The summed E-state index contributed by atoms with van der Waals surface area (Å²) in [6, 6.07) is 8.72. The maximum Gasteiger partial charge on any atom is 0.294 e. The molecule has 16 heavy (non-hydrogen) atoms. The van der Waals surface area contributed by atoms with Crippen LogP contribution in [0.2, 0.25) is 0 Å². The van der Waals surface area contributed by atoms with E-state index in [2.05, 4.69) is 5.32 Å². The molecule has 2 rings (SSSR count). The van der Waals surface area contributed by atoms with Gasteiger partial charge in [0.25, 0.3) is 17.5 Å². The Balaban J connectivity index is 1.91. The molecule has 0 saturated heterocycles. The van der Waals surface area contributed by atoms with Crippen LogP contribution in [-0.2, 0) is 11.3 Å². The first-order chi connectivity index (χ1) is 7.46. The van der Waals surface area contributed by atoms with E-state index in [1.54, 1.807) is 30.3 Å². The van der Waals surface area contributed by atoms with Crippen LogP contribution >= 0.6 is 0 Å². The van der Waals surface area contributed by atoms with Gasteiger partial charge in [0.2, 0.25) is 0 Å². The molecular weight excluding hydrogens is 219 g/mol. The van der Waals surface area contributed by atoms with Crippen LogP contribution in [0.5, 0.6) is 0 Å². The zero-order chi connectivity index (χ0) is 11.8. The van der Waals surface area contributed by atoms with Gasteiger partial charge in [0, 0.05) is 6.54 Å². The molecule has 0 bridgehead atoms. The van der Waals surface area contributed by atoms with E-state index in [-0.39, 0.29) is 6.54 Å². The van der Waals surface area contributed by atoms with E-state index in [4.69, 9.17) is 0 Å². The standard InChI is InChI=1S/C11H10F3NO/c12-10(7-11(10,13)14)9(16)15-6-8-4-2-1-3-5-8/h1-5H,6-7H2,(H,15,16)/t10-/m1/s1. The third-order valence-electron chi connectivity index (χ3n) is 2.58. The lowest BCUT2D eigenvalue weighted by molar-refractivity contribution is -0.131. The van der Waals surface area contributed by atoms with Gasteiger partial charge in [-0.3, -0.25) is 4.79 Å². The first-order valence-electron chi connectivity index (χ1n) is 4.85. The predicted molar refractivity (Wildman–Crippen MR) is 51.7 cm³/mol. The maximum atomic E-state index is 13.2. The van der Waals surface area contributed by atoms with Gasteiger partial charge in [-0.05, 0) is 5.56 Å². The SMILES string of the molecule is O=C(NCc1ccccc1)[C@]1(F)CC1(F)F. The largest absolute Gasteiger partial charge is 0.349 e. The smallest absolute Gasteiger partial charge is 0.294 e. The van der Waals surface area contributed by atoms with E-state index in [0.717, 1.165) is 5.56 Å². The average molecular weight is 229 g/mol. The van der Waals surface area contributed by atoms with Crippen LogP contribution in [0.4, 0.5) is 13.2 Å². The summed E-state index contributed by atoms with van der Waals surface area (Å²) in [5.41, 5.74) is -2.26. The maximum absolute atomic E-state index is 13.2. The lowest BCUT2D eigenvalue weighted by Crippen LogP contribution is -2.36. The highest BCUT2D eigenvalue weighted by Crippen LogP contribution is 2.55. The van der Waals surface area contributed by atoms with E-state index in [0.29, 0.717) is 0 Å². The van der Waals surface area contributed by atoms with Crippen molar-refractivity contribution in [2.24, 2.45) is 0 Å². The van der Waals surface area contributed by atoms with Crippen LogP contribution in [-0.4, -0.2) is 17.5 Å². The lowest BCUT2D eigenvalue weighted by atomic mass is 10.2. The van der Waals surface area contributed by atoms with Gasteiger partial charge in [0.15, 0.2) is 0 Å². The number of amides is 1. The third-order valence-corrected chi connectivity index (χ3v) is 2.58. The second-order valence-corrected chi connectivity index (χ2v) is 3.85. The summed E-state index contributed by atoms with van der Waals surface area (Å²) < 4.78 is 38.3. The van der Waals surface area contributed by atoms with Gasteiger partial charge in [-0.25, -0.2) is 13.2 Å². The van der Waals surface area contributed by atoms with Crippen molar-refractivity contribution >= 4 is 5.91 Å². The Bertz CT molecular complexity index is 407. The fourth-order valence-electron chi connectivity index (χ4n) is 1.43. The highest BCUT2D eigenvalue weighted by atomic mass is 19.3. The highest BCUT2D eigenvalue weighted by Gasteiger charge is 2.78. The Morgan fingerprint density at radius 3 is 2.31 bits per heavy atom. The minimum absolute atomic E-state index is 0.0570. The number of carbonyl (C=O) groups is 1. The van der Waals surface area contributed by atoms with E-state index in [1.807, 2.05) is 0 Å². The third kappa shape index (κ3) is 1.77. The van der Waals surface area contributed by atoms with Crippen molar-refractivity contribution in [1.82, 2.24) is 5.32 Å². The Morgan fingerprint density at radius 2 is 1.81 bits per heavy atom. The minimum atomic E-state index is -3.51. The van der Waals surface area contributed by atoms with Crippen LogP contribution in [0.15, 0.2) is 30.3 Å². The lowest BCUT2D eigenvalue weighted by Gasteiger charge is -2.08. The molecule has 1 aromatic rings. The Labute approximate surface area is 90.5 Å². The molecule has 1 aliphatic carbocycles. The zero-order valence-electron chi connectivity index (χ0n) is 8.34. The Morgan fingerprint density at radius 1 is 1.25 bits per heavy atom. The molecule has 0 aromatic heterocycles. The number of alkyl halides is 3. The number of halogens is 3.